The van der Waals surface area contributed by atoms with E-state index in [1.807, 2.05) is 0 Å². The van der Waals surface area contributed by atoms with Crippen LogP contribution in [0.1, 0.15) is 29.6 Å². The van der Waals surface area contributed by atoms with Crippen LogP contribution in [0.3, 0.4) is 0 Å². The van der Waals surface area contributed by atoms with Crippen LogP contribution in [-0.2, 0) is 10.0 Å². The number of hydrogen-bond acceptors (Lipinski definition) is 5. The number of nitro groups is 1. The lowest BCUT2D eigenvalue weighted by Crippen LogP contribution is -2.35. The van der Waals surface area contributed by atoms with Crippen LogP contribution < -0.4 is 5.32 Å². The van der Waals surface area contributed by atoms with E-state index in [4.69, 9.17) is 11.6 Å². The minimum atomic E-state index is -3.63. The van der Waals surface area contributed by atoms with E-state index in [-0.39, 0.29) is 26.9 Å². The molecule has 2 aromatic carbocycles. The van der Waals surface area contributed by atoms with Crippen LogP contribution in [0.15, 0.2) is 47.4 Å². The molecule has 0 atom stereocenters. The Bertz CT molecular complexity index is 1020. The highest BCUT2D eigenvalue weighted by atomic mass is 35.5. The molecule has 8 nitrogen and oxygen atoms in total. The molecule has 0 spiro atoms. The molecule has 3 rings (SSSR count). The van der Waals surface area contributed by atoms with Gasteiger partial charge in [0.15, 0.2) is 0 Å². The van der Waals surface area contributed by atoms with Crippen molar-refractivity contribution in [2.75, 3.05) is 18.4 Å². The first-order valence-corrected chi connectivity index (χ1v) is 10.5. The summed E-state index contributed by atoms with van der Waals surface area (Å²) in [7, 11) is -3.63. The van der Waals surface area contributed by atoms with Crippen molar-refractivity contribution in [1.82, 2.24) is 4.31 Å². The zero-order valence-electron chi connectivity index (χ0n) is 14.8. The number of non-ortho nitro benzene ring substituents is 1. The maximum Gasteiger partial charge on any atom is 0.270 e. The third-order valence-corrected chi connectivity index (χ3v) is 6.66. The van der Waals surface area contributed by atoms with Crippen molar-refractivity contribution < 1.29 is 18.1 Å². The summed E-state index contributed by atoms with van der Waals surface area (Å²) in [5.74, 6) is -0.590. The summed E-state index contributed by atoms with van der Waals surface area (Å²) >= 11 is 5.97. The standard InChI is InChI=1S/C18H18ClN3O5S/c19-17-12-14(22(24)25)7-8-16(17)18(23)20-13-5-4-6-15(11-13)28(26,27)21-9-2-1-3-10-21/h4-8,11-12H,1-3,9-10H2,(H,20,23). The van der Waals surface area contributed by atoms with Gasteiger partial charge < -0.3 is 5.32 Å². The first-order valence-electron chi connectivity index (χ1n) is 8.64. The zero-order valence-corrected chi connectivity index (χ0v) is 16.4. The lowest BCUT2D eigenvalue weighted by Gasteiger charge is -2.26. The van der Waals surface area contributed by atoms with E-state index in [1.54, 1.807) is 12.1 Å². The topological polar surface area (TPSA) is 110 Å². The molecule has 0 radical (unpaired) electrons. The van der Waals surface area contributed by atoms with Gasteiger partial charge in [-0.2, -0.15) is 4.31 Å². The Morgan fingerprint density at radius 2 is 1.82 bits per heavy atom. The number of nitrogens with zero attached hydrogens (tertiary/aromatic N) is 2. The molecule has 1 amide bonds. The second-order valence-corrected chi connectivity index (χ2v) is 8.71. The van der Waals surface area contributed by atoms with E-state index >= 15 is 0 Å². The summed E-state index contributed by atoms with van der Waals surface area (Å²) in [6.07, 6.45) is 2.67. The Labute approximate surface area is 167 Å². The molecule has 28 heavy (non-hydrogen) atoms. The van der Waals surface area contributed by atoms with Crippen LogP contribution in [0.4, 0.5) is 11.4 Å². The summed E-state index contributed by atoms with van der Waals surface area (Å²) in [6, 6.07) is 9.51. The van der Waals surface area contributed by atoms with Crippen molar-refractivity contribution >= 4 is 38.9 Å². The van der Waals surface area contributed by atoms with Gasteiger partial charge in [0.05, 0.1) is 20.4 Å². The number of nitro benzene ring substituents is 1. The third-order valence-electron chi connectivity index (χ3n) is 4.45. The zero-order chi connectivity index (χ0) is 20.3. The normalized spacial score (nSPS) is 15.2. The molecule has 1 fully saturated rings. The van der Waals surface area contributed by atoms with Crippen molar-refractivity contribution in [3.8, 4) is 0 Å². The molecule has 1 aliphatic rings. The Hall–Kier alpha value is -2.49. The quantitative estimate of drug-likeness (QED) is 0.582. The predicted octanol–water partition coefficient (Wildman–Crippen LogP) is 3.68. The molecule has 0 saturated carbocycles. The van der Waals surface area contributed by atoms with Crippen LogP contribution in [0.25, 0.3) is 0 Å². The highest BCUT2D eigenvalue weighted by Gasteiger charge is 2.26. The number of carbonyl (C=O) groups is 1. The third kappa shape index (κ3) is 4.32. The van der Waals surface area contributed by atoms with Crippen LogP contribution in [-0.4, -0.2) is 36.6 Å². The number of carbonyl (C=O) groups excluding carboxylic acids is 1. The summed E-state index contributed by atoms with van der Waals surface area (Å²) < 4.78 is 27.0. The molecule has 1 aliphatic heterocycles. The number of benzene rings is 2. The number of nitrogens with one attached hydrogen (secondary N) is 1. The second-order valence-electron chi connectivity index (χ2n) is 6.37. The first kappa shape index (κ1) is 20.2. The number of rotatable bonds is 5. The Balaban J connectivity index is 1.81. The van der Waals surface area contributed by atoms with E-state index in [1.165, 1.54) is 28.6 Å². The lowest BCUT2D eigenvalue weighted by atomic mass is 10.2. The Morgan fingerprint density at radius 1 is 1.11 bits per heavy atom. The van der Waals surface area contributed by atoms with Gasteiger partial charge in [-0.05, 0) is 37.1 Å². The van der Waals surface area contributed by atoms with Crippen LogP contribution in [0, 0.1) is 10.1 Å². The molecule has 0 bridgehead atoms. The van der Waals surface area contributed by atoms with E-state index in [2.05, 4.69) is 5.32 Å². The number of sulfonamides is 1. The van der Waals surface area contributed by atoms with Crippen molar-refractivity contribution in [2.45, 2.75) is 24.2 Å². The molecule has 0 unspecified atom stereocenters. The molecule has 2 aromatic rings. The van der Waals surface area contributed by atoms with Crippen molar-refractivity contribution in [3.05, 3.63) is 63.2 Å². The molecule has 0 aromatic heterocycles. The van der Waals surface area contributed by atoms with E-state index in [9.17, 15) is 23.3 Å². The van der Waals surface area contributed by atoms with Crippen molar-refractivity contribution in [3.63, 3.8) is 0 Å². The van der Waals surface area contributed by atoms with Crippen LogP contribution in [0.2, 0.25) is 5.02 Å². The van der Waals surface area contributed by atoms with Gasteiger partial charge in [-0.25, -0.2) is 8.42 Å². The fourth-order valence-corrected chi connectivity index (χ4v) is 4.81. The number of halogens is 1. The number of amides is 1. The van der Waals surface area contributed by atoms with Gasteiger partial charge >= 0.3 is 0 Å². The largest absolute Gasteiger partial charge is 0.322 e. The predicted molar refractivity (Wildman–Crippen MR) is 105 cm³/mol. The average Bonchev–Trinajstić information content (AvgIpc) is 2.68. The van der Waals surface area contributed by atoms with Gasteiger partial charge in [0.25, 0.3) is 11.6 Å². The minimum Gasteiger partial charge on any atom is -0.322 e. The Kier molecular flexibility index (Phi) is 5.97. The number of anilines is 1. The molecular weight excluding hydrogens is 406 g/mol. The molecule has 0 aliphatic carbocycles. The van der Waals surface area contributed by atoms with E-state index < -0.39 is 20.9 Å². The maximum atomic E-state index is 12.8. The monoisotopic (exact) mass is 423 g/mol. The fraction of sp³-hybridized carbons (Fsp3) is 0.278. The SMILES string of the molecule is O=C(Nc1cccc(S(=O)(=O)N2CCCCC2)c1)c1ccc([N+](=O)[O-])cc1Cl. The van der Waals surface area contributed by atoms with Gasteiger partial charge in [0.2, 0.25) is 10.0 Å². The van der Waals surface area contributed by atoms with E-state index in [0.29, 0.717) is 13.1 Å². The summed E-state index contributed by atoms with van der Waals surface area (Å²) in [6.45, 7) is 0.967. The molecule has 1 N–H and O–H groups in total. The molecular formula is C18H18ClN3O5S. The summed E-state index contributed by atoms with van der Waals surface area (Å²) in [5, 5.41) is 13.3. The Morgan fingerprint density at radius 3 is 2.46 bits per heavy atom. The van der Waals surface area contributed by atoms with Gasteiger partial charge in [0, 0.05) is 30.9 Å². The van der Waals surface area contributed by atoms with Gasteiger partial charge in [-0.15, -0.1) is 0 Å². The second kappa shape index (κ2) is 8.26. The number of hydrogen-bond donors (Lipinski definition) is 1. The van der Waals surface area contributed by atoms with Gasteiger partial charge in [-0.1, -0.05) is 24.1 Å². The van der Waals surface area contributed by atoms with E-state index in [0.717, 1.165) is 25.3 Å². The number of piperidine rings is 1. The van der Waals surface area contributed by atoms with Crippen LogP contribution in [0.5, 0.6) is 0 Å². The van der Waals surface area contributed by atoms with Gasteiger partial charge in [-0.3, -0.25) is 14.9 Å². The first-order chi connectivity index (χ1) is 13.3. The minimum absolute atomic E-state index is 0.0524. The summed E-state index contributed by atoms with van der Waals surface area (Å²) in [5.41, 5.74) is 0.116. The summed E-state index contributed by atoms with van der Waals surface area (Å²) in [4.78, 5) is 22.7. The smallest absolute Gasteiger partial charge is 0.270 e. The van der Waals surface area contributed by atoms with Gasteiger partial charge in [0.1, 0.15) is 0 Å². The highest BCUT2D eigenvalue weighted by Crippen LogP contribution is 2.25. The average molecular weight is 424 g/mol. The lowest BCUT2D eigenvalue weighted by molar-refractivity contribution is -0.384. The maximum absolute atomic E-state index is 12.8. The highest BCUT2D eigenvalue weighted by molar-refractivity contribution is 7.89. The van der Waals surface area contributed by atoms with Crippen molar-refractivity contribution in [2.24, 2.45) is 0 Å². The molecule has 10 heteroatoms. The fourth-order valence-electron chi connectivity index (χ4n) is 2.99. The molecule has 1 saturated heterocycles. The molecule has 148 valence electrons. The van der Waals surface area contributed by atoms with Crippen LogP contribution >= 0.6 is 11.6 Å². The molecule has 1 heterocycles. The van der Waals surface area contributed by atoms with Crippen molar-refractivity contribution in [1.29, 1.82) is 0 Å².